The van der Waals surface area contributed by atoms with Crippen LogP contribution in [-0.2, 0) is 0 Å². The Balaban J connectivity index is 2.06. The summed E-state index contributed by atoms with van der Waals surface area (Å²) in [5.74, 6) is 0.585. The predicted molar refractivity (Wildman–Crippen MR) is 75.1 cm³/mol. The van der Waals surface area contributed by atoms with Crippen molar-refractivity contribution in [3.05, 3.63) is 53.5 Å². The molecule has 1 aliphatic rings. The van der Waals surface area contributed by atoms with Gasteiger partial charge in [-0.2, -0.15) is 0 Å². The summed E-state index contributed by atoms with van der Waals surface area (Å²) in [4.78, 5) is 26.4. The SMILES string of the molecule is Cc1occc1C(=O)N1CCCC(=O)c2ccccc21. The first-order valence-electron chi connectivity index (χ1n) is 6.66. The second-order valence-corrected chi connectivity index (χ2v) is 4.89. The van der Waals surface area contributed by atoms with E-state index in [1.807, 2.05) is 18.2 Å². The van der Waals surface area contributed by atoms with Crippen LogP contribution < -0.4 is 4.90 Å². The molecule has 20 heavy (non-hydrogen) atoms. The zero-order chi connectivity index (χ0) is 14.1. The van der Waals surface area contributed by atoms with Crippen LogP contribution in [0.5, 0.6) is 0 Å². The number of hydrogen-bond donors (Lipinski definition) is 0. The summed E-state index contributed by atoms with van der Waals surface area (Å²) in [5.41, 5.74) is 1.87. The molecule has 4 nitrogen and oxygen atoms in total. The van der Waals surface area contributed by atoms with Crippen LogP contribution in [0.1, 0.15) is 39.3 Å². The summed E-state index contributed by atoms with van der Waals surface area (Å²) in [7, 11) is 0. The third kappa shape index (κ3) is 2.03. The van der Waals surface area contributed by atoms with Crippen molar-refractivity contribution in [2.75, 3.05) is 11.4 Å². The van der Waals surface area contributed by atoms with Gasteiger partial charge in [0.05, 0.1) is 17.5 Å². The van der Waals surface area contributed by atoms with Crippen molar-refractivity contribution in [2.45, 2.75) is 19.8 Å². The number of rotatable bonds is 1. The molecular formula is C16H15NO3. The molecular weight excluding hydrogens is 254 g/mol. The molecule has 1 aliphatic heterocycles. The first-order valence-corrected chi connectivity index (χ1v) is 6.66. The lowest BCUT2D eigenvalue weighted by atomic mass is 10.1. The van der Waals surface area contributed by atoms with Crippen LogP contribution in [-0.4, -0.2) is 18.2 Å². The van der Waals surface area contributed by atoms with E-state index in [2.05, 4.69) is 0 Å². The van der Waals surface area contributed by atoms with Gasteiger partial charge < -0.3 is 9.32 Å². The Morgan fingerprint density at radius 2 is 2.05 bits per heavy atom. The second-order valence-electron chi connectivity index (χ2n) is 4.89. The van der Waals surface area contributed by atoms with Crippen LogP contribution in [0, 0.1) is 6.92 Å². The third-order valence-electron chi connectivity index (χ3n) is 3.62. The van der Waals surface area contributed by atoms with Crippen molar-refractivity contribution in [3.8, 4) is 0 Å². The highest BCUT2D eigenvalue weighted by atomic mass is 16.3. The molecule has 4 heteroatoms. The van der Waals surface area contributed by atoms with Gasteiger partial charge in [-0.25, -0.2) is 0 Å². The van der Waals surface area contributed by atoms with Crippen LogP contribution in [0.4, 0.5) is 5.69 Å². The molecule has 0 bridgehead atoms. The van der Waals surface area contributed by atoms with Gasteiger partial charge >= 0.3 is 0 Å². The van der Waals surface area contributed by atoms with E-state index in [4.69, 9.17) is 4.42 Å². The van der Waals surface area contributed by atoms with Gasteiger partial charge in [-0.1, -0.05) is 12.1 Å². The lowest BCUT2D eigenvalue weighted by Gasteiger charge is -2.22. The number of hydrogen-bond acceptors (Lipinski definition) is 3. The van der Waals surface area contributed by atoms with Crippen molar-refractivity contribution >= 4 is 17.4 Å². The van der Waals surface area contributed by atoms with Gasteiger partial charge in [0.15, 0.2) is 5.78 Å². The van der Waals surface area contributed by atoms with E-state index >= 15 is 0 Å². The normalized spacial score (nSPS) is 14.8. The monoisotopic (exact) mass is 269 g/mol. The number of ketones is 1. The summed E-state index contributed by atoms with van der Waals surface area (Å²) in [6, 6.07) is 8.96. The molecule has 3 rings (SSSR count). The molecule has 0 radical (unpaired) electrons. The largest absolute Gasteiger partial charge is 0.469 e. The third-order valence-corrected chi connectivity index (χ3v) is 3.62. The summed E-state index contributed by atoms with van der Waals surface area (Å²) >= 11 is 0. The zero-order valence-electron chi connectivity index (χ0n) is 11.3. The van der Waals surface area contributed by atoms with Crippen LogP contribution in [0.15, 0.2) is 41.0 Å². The van der Waals surface area contributed by atoms with Gasteiger partial charge in [0.1, 0.15) is 5.76 Å². The van der Waals surface area contributed by atoms with Crippen LogP contribution in [0.25, 0.3) is 0 Å². The molecule has 102 valence electrons. The standard InChI is InChI=1S/C16H15NO3/c1-11-12(8-10-20-11)16(19)17-9-4-7-15(18)13-5-2-3-6-14(13)17/h2-3,5-6,8,10H,4,7,9H2,1H3. The van der Waals surface area contributed by atoms with E-state index in [1.165, 1.54) is 6.26 Å². The fraction of sp³-hybridized carbons (Fsp3) is 0.250. The number of fused-ring (bicyclic) bond motifs is 1. The quantitative estimate of drug-likeness (QED) is 0.798. The van der Waals surface area contributed by atoms with Crippen LogP contribution in [0.3, 0.4) is 0 Å². The van der Waals surface area contributed by atoms with Gasteiger partial charge in [0, 0.05) is 18.5 Å². The summed E-state index contributed by atoms with van der Waals surface area (Å²) in [6.07, 6.45) is 2.67. The molecule has 0 unspecified atom stereocenters. The van der Waals surface area contributed by atoms with Crippen molar-refractivity contribution in [1.29, 1.82) is 0 Å². The first kappa shape index (κ1) is 12.7. The lowest BCUT2D eigenvalue weighted by Crippen LogP contribution is -2.31. The average molecular weight is 269 g/mol. The maximum atomic E-state index is 12.7. The van der Waals surface area contributed by atoms with Crippen LogP contribution in [0.2, 0.25) is 0 Å². The van der Waals surface area contributed by atoms with Crippen molar-refractivity contribution in [2.24, 2.45) is 0 Å². The Bertz CT molecular complexity index is 672. The molecule has 1 aromatic heterocycles. The molecule has 0 aliphatic carbocycles. The summed E-state index contributed by atoms with van der Waals surface area (Å²) in [6.45, 7) is 2.31. The number of carbonyl (C=O) groups is 2. The number of Topliss-reactive ketones (excluding diaryl/α,β-unsaturated/α-hetero) is 1. The van der Waals surface area contributed by atoms with Crippen molar-refractivity contribution in [1.82, 2.24) is 0 Å². The number of furan rings is 1. The Labute approximate surface area is 117 Å². The van der Waals surface area contributed by atoms with Crippen molar-refractivity contribution < 1.29 is 14.0 Å². The molecule has 0 atom stereocenters. The highest BCUT2D eigenvalue weighted by molar-refractivity contribution is 6.11. The molecule has 0 fully saturated rings. The minimum atomic E-state index is -0.113. The number of para-hydroxylation sites is 1. The summed E-state index contributed by atoms with van der Waals surface area (Å²) in [5, 5.41) is 0. The van der Waals surface area contributed by atoms with Crippen LogP contribution >= 0.6 is 0 Å². The van der Waals surface area contributed by atoms with E-state index < -0.39 is 0 Å². The smallest absolute Gasteiger partial charge is 0.261 e. The fourth-order valence-corrected chi connectivity index (χ4v) is 2.56. The number of nitrogens with zero attached hydrogens (tertiary/aromatic N) is 1. The predicted octanol–water partition coefficient (Wildman–Crippen LogP) is 3.21. The van der Waals surface area contributed by atoms with Gasteiger partial charge in [0.25, 0.3) is 5.91 Å². The second kappa shape index (κ2) is 4.96. The maximum absolute atomic E-state index is 12.7. The molecule has 1 amide bonds. The van der Waals surface area contributed by atoms with Gasteiger partial charge in [-0.3, -0.25) is 9.59 Å². The van der Waals surface area contributed by atoms with E-state index in [0.29, 0.717) is 42.0 Å². The minimum absolute atomic E-state index is 0.0971. The molecule has 0 N–H and O–H groups in total. The lowest BCUT2D eigenvalue weighted by molar-refractivity contribution is 0.0973. The van der Waals surface area contributed by atoms with Gasteiger partial charge in [0.2, 0.25) is 0 Å². The molecule has 2 heterocycles. The van der Waals surface area contributed by atoms with Gasteiger partial charge in [-0.15, -0.1) is 0 Å². The maximum Gasteiger partial charge on any atom is 0.261 e. The zero-order valence-corrected chi connectivity index (χ0v) is 11.3. The Hall–Kier alpha value is -2.36. The number of benzene rings is 1. The van der Waals surface area contributed by atoms with E-state index in [0.717, 1.165) is 0 Å². The Kier molecular flexibility index (Phi) is 3.14. The van der Waals surface area contributed by atoms with E-state index in [-0.39, 0.29) is 11.7 Å². The summed E-state index contributed by atoms with van der Waals surface area (Å²) < 4.78 is 5.20. The molecule has 0 spiro atoms. The molecule has 0 saturated heterocycles. The van der Waals surface area contributed by atoms with Gasteiger partial charge in [-0.05, 0) is 31.5 Å². The fourth-order valence-electron chi connectivity index (χ4n) is 2.56. The Morgan fingerprint density at radius 1 is 1.25 bits per heavy atom. The van der Waals surface area contributed by atoms with E-state index in [9.17, 15) is 9.59 Å². The minimum Gasteiger partial charge on any atom is -0.469 e. The van der Waals surface area contributed by atoms with E-state index in [1.54, 1.807) is 24.0 Å². The highest BCUT2D eigenvalue weighted by Gasteiger charge is 2.26. The number of aryl methyl sites for hydroxylation is 1. The van der Waals surface area contributed by atoms with Crippen molar-refractivity contribution in [3.63, 3.8) is 0 Å². The topological polar surface area (TPSA) is 50.5 Å². The number of anilines is 1. The molecule has 2 aromatic rings. The molecule has 0 saturated carbocycles. The first-order chi connectivity index (χ1) is 9.68. The molecule has 1 aromatic carbocycles. The average Bonchev–Trinajstić information content (AvgIpc) is 2.81. The highest BCUT2D eigenvalue weighted by Crippen LogP contribution is 2.28. The number of carbonyl (C=O) groups excluding carboxylic acids is 2. The Morgan fingerprint density at radius 3 is 2.80 bits per heavy atom. The number of amides is 1.